The molecule has 5 N–H and O–H groups in total. The van der Waals surface area contributed by atoms with Gasteiger partial charge in [0.1, 0.15) is 0 Å². The molecule has 0 radical (unpaired) electrons. The van der Waals surface area contributed by atoms with Gasteiger partial charge in [0.25, 0.3) is 0 Å². The molecule has 1 aliphatic carbocycles. The molecule has 5 nitrogen and oxygen atoms in total. The Labute approximate surface area is 103 Å². The minimum absolute atomic E-state index is 0.0300. The number of aliphatic hydroxyl groups is 1. The molecule has 0 heterocycles. The van der Waals surface area contributed by atoms with Crippen molar-refractivity contribution in [2.45, 2.75) is 57.2 Å². The zero-order valence-electron chi connectivity index (χ0n) is 10.6. The molecule has 0 saturated heterocycles. The van der Waals surface area contributed by atoms with E-state index in [2.05, 4.69) is 17.6 Å². The number of hydrogen-bond acceptors (Lipinski definition) is 4. The normalized spacial score (nSPS) is 18.8. The van der Waals surface area contributed by atoms with E-state index in [-0.39, 0.29) is 24.6 Å². The van der Waals surface area contributed by atoms with Crippen molar-refractivity contribution in [3.63, 3.8) is 0 Å². The summed E-state index contributed by atoms with van der Waals surface area (Å²) >= 11 is 0. The molecule has 1 rings (SSSR count). The summed E-state index contributed by atoms with van der Waals surface area (Å²) < 4.78 is 0. The molecular weight excluding hydrogens is 218 g/mol. The Morgan fingerprint density at radius 1 is 1.53 bits per heavy atom. The molecule has 1 saturated carbocycles. The van der Waals surface area contributed by atoms with Crippen LogP contribution in [-0.2, 0) is 4.79 Å². The van der Waals surface area contributed by atoms with Crippen LogP contribution in [0.3, 0.4) is 0 Å². The molecule has 17 heavy (non-hydrogen) atoms. The third-order valence-corrected chi connectivity index (χ3v) is 2.97. The van der Waals surface area contributed by atoms with E-state index in [1.165, 1.54) is 0 Å². The number of nitrogens with two attached hydrogens (primary N) is 1. The van der Waals surface area contributed by atoms with Crippen LogP contribution in [0.25, 0.3) is 0 Å². The fourth-order valence-electron chi connectivity index (χ4n) is 1.83. The molecule has 0 aromatic rings. The molecule has 1 amide bonds. The van der Waals surface area contributed by atoms with Crippen LogP contribution in [0.15, 0.2) is 0 Å². The lowest BCUT2D eigenvalue weighted by atomic mass is 10.1. The highest BCUT2D eigenvalue weighted by atomic mass is 16.2. The number of rotatable bonds is 9. The number of aliphatic hydroxyl groups excluding tert-OH is 1. The van der Waals surface area contributed by atoms with Gasteiger partial charge in [-0.3, -0.25) is 4.79 Å². The molecule has 0 bridgehead atoms. The molecule has 1 aliphatic rings. The lowest BCUT2D eigenvalue weighted by molar-refractivity contribution is -0.121. The Kier molecular flexibility index (Phi) is 6.47. The van der Waals surface area contributed by atoms with E-state index in [1.807, 2.05) is 0 Å². The van der Waals surface area contributed by atoms with Crippen molar-refractivity contribution in [2.24, 2.45) is 5.73 Å². The Morgan fingerprint density at radius 2 is 2.24 bits per heavy atom. The van der Waals surface area contributed by atoms with Crippen LogP contribution in [0.4, 0.5) is 0 Å². The van der Waals surface area contributed by atoms with Crippen molar-refractivity contribution >= 4 is 5.91 Å². The first-order valence-electron chi connectivity index (χ1n) is 6.52. The number of hydrogen-bond donors (Lipinski definition) is 4. The van der Waals surface area contributed by atoms with Crippen molar-refractivity contribution in [1.82, 2.24) is 10.6 Å². The second-order valence-electron chi connectivity index (χ2n) is 4.91. The van der Waals surface area contributed by atoms with Crippen LogP contribution >= 0.6 is 0 Å². The lowest BCUT2D eigenvalue weighted by Gasteiger charge is -2.21. The highest BCUT2D eigenvalue weighted by molar-refractivity contribution is 5.77. The summed E-state index contributed by atoms with van der Waals surface area (Å²) in [5, 5.41) is 15.0. The summed E-state index contributed by atoms with van der Waals surface area (Å²) in [7, 11) is 0. The first kappa shape index (κ1) is 14.4. The number of amides is 1. The Morgan fingerprint density at radius 3 is 2.76 bits per heavy atom. The number of carbonyl (C=O) groups is 1. The molecule has 0 spiro atoms. The average Bonchev–Trinajstić information content (AvgIpc) is 3.09. The van der Waals surface area contributed by atoms with Gasteiger partial charge in [0.15, 0.2) is 0 Å². The summed E-state index contributed by atoms with van der Waals surface area (Å²) in [5.41, 5.74) is 5.65. The second kappa shape index (κ2) is 7.63. The van der Waals surface area contributed by atoms with Gasteiger partial charge in [0, 0.05) is 37.7 Å². The van der Waals surface area contributed by atoms with Crippen LogP contribution in [0.1, 0.15) is 39.0 Å². The van der Waals surface area contributed by atoms with E-state index in [1.54, 1.807) is 0 Å². The van der Waals surface area contributed by atoms with Gasteiger partial charge in [-0.2, -0.15) is 0 Å². The van der Waals surface area contributed by atoms with Crippen molar-refractivity contribution in [1.29, 1.82) is 0 Å². The smallest absolute Gasteiger partial charge is 0.221 e. The molecule has 0 aromatic heterocycles. The molecule has 2 atom stereocenters. The minimum atomic E-state index is 0.0300. The van der Waals surface area contributed by atoms with Crippen molar-refractivity contribution in [3.05, 3.63) is 0 Å². The van der Waals surface area contributed by atoms with Crippen LogP contribution in [-0.4, -0.2) is 42.3 Å². The standard InChI is InChI=1S/C12H25N3O2/c1-9(3-2-6-16)14-11(8-13)7-12(17)15-10-4-5-10/h9-11,14,16H,2-8,13H2,1H3,(H,15,17). The largest absolute Gasteiger partial charge is 0.396 e. The zero-order chi connectivity index (χ0) is 12.7. The fourth-order valence-corrected chi connectivity index (χ4v) is 1.83. The van der Waals surface area contributed by atoms with Gasteiger partial charge in [-0.25, -0.2) is 0 Å². The van der Waals surface area contributed by atoms with E-state index < -0.39 is 0 Å². The molecule has 2 unspecified atom stereocenters. The predicted molar refractivity (Wildman–Crippen MR) is 67.5 cm³/mol. The van der Waals surface area contributed by atoms with E-state index in [0.717, 1.165) is 25.7 Å². The Bertz CT molecular complexity index is 232. The van der Waals surface area contributed by atoms with E-state index in [4.69, 9.17) is 10.8 Å². The third-order valence-electron chi connectivity index (χ3n) is 2.97. The first-order valence-corrected chi connectivity index (χ1v) is 6.52. The van der Waals surface area contributed by atoms with Gasteiger partial charge in [0.05, 0.1) is 0 Å². The summed E-state index contributed by atoms with van der Waals surface area (Å²) in [6.45, 7) is 2.72. The van der Waals surface area contributed by atoms with Gasteiger partial charge in [-0.15, -0.1) is 0 Å². The topological polar surface area (TPSA) is 87.4 Å². The van der Waals surface area contributed by atoms with E-state index >= 15 is 0 Å². The van der Waals surface area contributed by atoms with Crippen molar-refractivity contribution < 1.29 is 9.90 Å². The molecule has 1 fully saturated rings. The first-order chi connectivity index (χ1) is 8.15. The summed E-state index contributed by atoms with van der Waals surface area (Å²) in [5.74, 6) is 0.0878. The molecule has 100 valence electrons. The maximum absolute atomic E-state index is 11.6. The van der Waals surface area contributed by atoms with E-state index in [0.29, 0.717) is 19.0 Å². The Balaban J connectivity index is 2.18. The quantitative estimate of drug-likeness (QED) is 0.449. The SMILES string of the molecule is CC(CCCO)NC(CN)CC(=O)NC1CC1. The van der Waals surface area contributed by atoms with Crippen LogP contribution < -0.4 is 16.4 Å². The van der Waals surface area contributed by atoms with Gasteiger partial charge >= 0.3 is 0 Å². The minimum Gasteiger partial charge on any atom is -0.396 e. The van der Waals surface area contributed by atoms with E-state index in [9.17, 15) is 4.79 Å². The maximum atomic E-state index is 11.6. The fraction of sp³-hybridized carbons (Fsp3) is 0.917. The highest BCUT2D eigenvalue weighted by Gasteiger charge is 2.24. The summed E-state index contributed by atoms with van der Waals surface area (Å²) in [6, 6.07) is 0.722. The molecule has 0 aliphatic heterocycles. The molecule has 0 aromatic carbocycles. The predicted octanol–water partition coefficient (Wildman–Crippen LogP) is -0.267. The monoisotopic (exact) mass is 243 g/mol. The summed E-state index contributed by atoms with van der Waals surface area (Å²) in [6.07, 6.45) is 4.34. The number of nitrogens with one attached hydrogen (secondary N) is 2. The number of carbonyl (C=O) groups excluding carboxylic acids is 1. The van der Waals surface area contributed by atoms with Crippen molar-refractivity contribution in [3.8, 4) is 0 Å². The maximum Gasteiger partial charge on any atom is 0.221 e. The second-order valence-corrected chi connectivity index (χ2v) is 4.91. The van der Waals surface area contributed by atoms with Crippen molar-refractivity contribution in [2.75, 3.05) is 13.2 Å². The summed E-state index contributed by atoms with van der Waals surface area (Å²) in [4.78, 5) is 11.6. The van der Waals surface area contributed by atoms with Crippen LogP contribution in [0.5, 0.6) is 0 Å². The van der Waals surface area contributed by atoms with Gasteiger partial charge in [-0.1, -0.05) is 0 Å². The molecular formula is C12H25N3O2. The van der Waals surface area contributed by atoms with Crippen LogP contribution in [0, 0.1) is 0 Å². The van der Waals surface area contributed by atoms with Gasteiger partial charge in [-0.05, 0) is 32.6 Å². The molecule has 5 heteroatoms. The Hall–Kier alpha value is -0.650. The third kappa shape index (κ3) is 6.61. The van der Waals surface area contributed by atoms with Crippen LogP contribution in [0.2, 0.25) is 0 Å². The lowest BCUT2D eigenvalue weighted by Crippen LogP contribution is -2.44. The van der Waals surface area contributed by atoms with Gasteiger partial charge in [0.2, 0.25) is 5.91 Å². The van der Waals surface area contributed by atoms with Gasteiger partial charge < -0.3 is 21.5 Å². The highest BCUT2D eigenvalue weighted by Crippen LogP contribution is 2.18. The average molecular weight is 243 g/mol. The zero-order valence-corrected chi connectivity index (χ0v) is 10.6.